The topological polar surface area (TPSA) is 118 Å². The van der Waals surface area contributed by atoms with Crippen LogP contribution in [0.15, 0.2) is 54.7 Å². The second-order valence-corrected chi connectivity index (χ2v) is 9.57. The molecule has 0 saturated heterocycles. The zero-order valence-electron chi connectivity index (χ0n) is 18.2. The lowest BCUT2D eigenvalue weighted by Gasteiger charge is -2.14. The third-order valence-corrected chi connectivity index (χ3v) is 7.28. The van der Waals surface area contributed by atoms with Crippen molar-refractivity contribution in [3.63, 3.8) is 0 Å². The number of benzene rings is 2. The molecule has 0 bridgehead atoms. The van der Waals surface area contributed by atoms with Crippen molar-refractivity contribution in [1.29, 1.82) is 0 Å². The van der Waals surface area contributed by atoms with Crippen molar-refractivity contribution in [2.45, 2.75) is 18.9 Å². The summed E-state index contributed by atoms with van der Waals surface area (Å²) in [5, 5.41) is 15.0. The van der Waals surface area contributed by atoms with Gasteiger partial charge >= 0.3 is 12.1 Å². The predicted molar refractivity (Wildman–Crippen MR) is 126 cm³/mol. The number of thiazole rings is 1. The number of carboxylic acids is 1. The van der Waals surface area contributed by atoms with E-state index in [1.807, 2.05) is 24.3 Å². The fourth-order valence-electron chi connectivity index (χ4n) is 4.44. The average molecular weight is 478 g/mol. The summed E-state index contributed by atoms with van der Waals surface area (Å²) < 4.78 is 5.54. The maximum absolute atomic E-state index is 12.3. The average Bonchev–Trinajstić information content (AvgIpc) is 3.34. The summed E-state index contributed by atoms with van der Waals surface area (Å²) in [6, 6.07) is 16.3. The first-order valence-corrected chi connectivity index (χ1v) is 11.9. The van der Waals surface area contributed by atoms with Crippen molar-refractivity contribution in [2.24, 2.45) is 11.8 Å². The van der Waals surface area contributed by atoms with E-state index in [4.69, 9.17) is 9.84 Å². The maximum atomic E-state index is 12.3. The summed E-state index contributed by atoms with van der Waals surface area (Å²) in [6.45, 7) is 0.815. The highest BCUT2D eigenvalue weighted by Crippen LogP contribution is 2.44. The number of fused-ring (bicyclic) bond motifs is 3. The van der Waals surface area contributed by atoms with Crippen LogP contribution >= 0.6 is 11.3 Å². The molecule has 34 heavy (non-hydrogen) atoms. The molecule has 2 aliphatic rings. The molecule has 0 aliphatic heterocycles. The van der Waals surface area contributed by atoms with Gasteiger partial charge in [0.1, 0.15) is 16.5 Å². The number of carboxylic acid groups (broad SMARTS) is 1. The normalized spacial score (nSPS) is 18.0. The van der Waals surface area contributed by atoms with Gasteiger partial charge in [-0.05, 0) is 34.6 Å². The monoisotopic (exact) mass is 477 g/mol. The van der Waals surface area contributed by atoms with Gasteiger partial charge in [-0.25, -0.2) is 14.6 Å². The van der Waals surface area contributed by atoms with E-state index in [2.05, 4.69) is 39.9 Å². The molecule has 5 rings (SSSR count). The number of nitrogens with zero attached hydrogens (tertiary/aromatic N) is 1. The molecule has 0 unspecified atom stereocenters. The Bertz CT molecular complexity index is 1210. The van der Waals surface area contributed by atoms with Crippen LogP contribution in [0.2, 0.25) is 0 Å². The first-order chi connectivity index (χ1) is 16.5. The van der Waals surface area contributed by atoms with Gasteiger partial charge in [-0.2, -0.15) is 0 Å². The number of hydrogen-bond donors (Lipinski definition) is 3. The summed E-state index contributed by atoms with van der Waals surface area (Å²) in [5.41, 5.74) is 4.67. The van der Waals surface area contributed by atoms with E-state index in [9.17, 15) is 14.4 Å². The molecule has 9 heteroatoms. The zero-order valence-corrected chi connectivity index (χ0v) is 19.0. The summed E-state index contributed by atoms with van der Waals surface area (Å²) in [7, 11) is 0. The van der Waals surface area contributed by atoms with Gasteiger partial charge in [0.2, 0.25) is 5.91 Å². The van der Waals surface area contributed by atoms with E-state index in [-0.39, 0.29) is 41.7 Å². The van der Waals surface area contributed by atoms with Crippen molar-refractivity contribution in [2.75, 3.05) is 13.2 Å². The third kappa shape index (κ3) is 4.51. The molecule has 0 spiro atoms. The predicted octanol–water partition coefficient (Wildman–Crippen LogP) is 3.63. The first-order valence-electron chi connectivity index (χ1n) is 11.1. The van der Waals surface area contributed by atoms with E-state index in [0.717, 1.165) is 22.5 Å². The first kappa shape index (κ1) is 22.1. The van der Waals surface area contributed by atoms with Crippen molar-refractivity contribution in [3.05, 3.63) is 75.7 Å². The fraction of sp³-hybridized carbons (Fsp3) is 0.280. The van der Waals surface area contributed by atoms with Gasteiger partial charge in [0.05, 0.1) is 12.7 Å². The van der Waals surface area contributed by atoms with Crippen LogP contribution in [0.1, 0.15) is 38.1 Å². The number of rotatable bonds is 8. The van der Waals surface area contributed by atoms with Crippen molar-refractivity contribution in [1.82, 2.24) is 15.6 Å². The van der Waals surface area contributed by atoms with Crippen LogP contribution in [0, 0.1) is 11.8 Å². The van der Waals surface area contributed by atoms with Gasteiger partial charge in [-0.3, -0.25) is 4.79 Å². The van der Waals surface area contributed by atoms with Gasteiger partial charge < -0.3 is 20.5 Å². The number of aromatic nitrogens is 1. The van der Waals surface area contributed by atoms with Crippen LogP contribution in [-0.2, 0) is 16.1 Å². The van der Waals surface area contributed by atoms with E-state index >= 15 is 0 Å². The van der Waals surface area contributed by atoms with Crippen LogP contribution in [0.25, 0.3) is 11.1 Å². The highest BCUT2D eigenvalue weighted by Gasteiger charge is 2.43. The lowest BCUT2D eigenvalue weighted by Crippen LogP contribution is -2.30. The van der Waals surface area contributed by atoms with Crippen LogP contribution in [0.5, 0.6) is 0 Å². The Kier molecular flexibility index (Phi) is 6.02. The molecule has 2 aliphatic carbocycles. The number of ether oxygens (including phenoxy) is 1. The Morgan fingerprint density at radius 2 is 1.71 bits per heavy atom. The molecule has 1 fully saturated rings. The molecule has 3 aromatic rings. The summed E-state index contributed by atoms with van der Waals surface area (Å²) in [4.78, 5) is 39.7. The molecular weight excluding hydrogens is 454 g/mol. The lowest BCUT2D eigenvalue weighted by molar-refractivity contribution is -0.122. The number of amides is 2. The molecule has 0 radical (unpaired) electrons. The highest BCUT2D eigenvalue weighted by molar-refractivity contribution is 7.13. The molecule has 1 heterocycles. The van der Waals surface area contributed by atoms with Gasteiger partial charge in [-0.1, -0.05) is 48.5 Å². The van der Waals surface area contributed by atoms with Crippen LogP contribution in [0.4, 0.5) is 4.79 Å². The molecule has 3 N–H and O–H groups in total. The van der Waals surface area contributed by atoms with Gasteiger partial charge in [0.25, 0.3) is 0 Å². The minimum Gasteiger partial charge on any atom is -0.477 e. The van der Waals surface area contributed by atoms with Crippen LogP contribution in [0.3, 0.4) is 0 Å². The van der Waals surface area contributed by atoms with Gasteiger partial charge in [0.15, 0.2) is 0 Å². The fourth-order valence-corrected chi connectivity index (χ4v) is 5.14. The molecule has 1 saturated carbocycles. The van der Waals surface area contributed by atoms with Crippen LogP contribution < -0.4 is 10.6 Å². The Labute approximate surface area is 200 Å². The van der Waals surface area contributed by atoms with E-state index in [1.165, 1.54) is 17.3 Å². The Balaban J connectivity index is 1.06. The van der Waals surface area contributed by atoms with E-state index in [0.29, 0.717) is 18.0 Å². The molecule has 8 nitrogen and oxygen atoms in total. The molecule has 2 amide bonds. The summed E-state index contributed by atoms with van der Waals surface area (Å²) >= 11 is 1.04. The number of alkyl carbamates (subject to hydrolysis) is 1. The Morgan fingerprint density at radius 1 is 1.03 bits per heavy atom. The molecular formula is C25H23N3O5S. The Hall–Kier alpha value is -3.72. The SMILES string of the molecule is O=C(NC[C@H]1C[C@H]1C(=O)NCc1ncc(C(=O)O)s1)OCC1c2ccccc2-c2ccccc21. The molecule has 174 valence electrons. The molecule has 2 atom stereocenters. The van der Waals surface area contributed by atoms with Crippen molar-refractivity contribution in [3.8, 4) is 11.1 Å². The maximum Gasteiger partial charge on any atom is 0.407 e. The lowest BCUT2D eigenvalue weighted by atomic mass is 9.98. The van der Waals surface area contributed by atoms with E-state index in [1.54, 1.807) is 0 Å². The van der Waals surface area contributed by atoms with Crippen molar-refractivity contribution < 1.29 is 24.2 Å². The van der Waals surface area contributed by atoms with Crippen LogP contribution in [-0.4, -0.2) is 41.2 Å². The highest BCUT2D eigenvalue weighted by atomic mass is 32.1. The zero-order chi connectivity index (χ0) is 23.7. The number of aromatic carboxylic acids is 1. The number of carbonyl (C=O) groups excluding carboxylic acids is 2. The third-order valence-electron chi connectivity index (χ3n) is 6.29. The largest absolute Gasteiger partial charge is 0.477 e. The van der Waals surface area contributed by atoms with Crippen molar-refractivity contribution >= 4 is 29.3 Å². The summed E-state index contributed by atoms with van der Waals surface area (Å²) in [5.74, 6) is -1.26. The number of carbonyl (C=O) groups is 3. The second-order valence-electron chi connectivity index (χ2n) is 8.45. The quantitative estimate of drug-likeness (QED) is 0.456. The summed E-state index contributed by atoms with van der Waals surface area (Å²) in [6.07, 6.45) is 1.48. The van der Waals surface area contributed by atoms with E-state index < -0.39 is 12.1 Å². The minimum absolute atomic E-state index is 0.00473. The smallest absolute Gasteiger partial charge is 0.407 e. The van der Waals surface area contributed by atoms with Gasteiger partial charge in [0, 0.05) is 18.4 Å². The molecule has 2 aromatic carbocycles. The standard InChI is InChI=1S/C25H23N3O5S/c29-23(27-12-22-26-11-21(34-22)24(30)31)19-9-14(19)10-28-25(32)33-13-20-17-7-3-1-5-15(17)16-6-2-4-8-18(16)20/h1-8,11,14,19-20H,9-10,12-13H2,(H,27,29)(H,28,32)(H,30,31)/t14-,19-/m1/s1. The molecule has 1 aromatic heterocycles. The second kappa shape index (κ2) is 9.26. The number of hydrogen-bond acceptors (Lipinski definition) is 6. The number of nitrogens with one attached hydrogen (secondary N) is 2. The Morgan fingerprint density at radius 3 is 2.35 bits per heavy atom. The minimum atomic E-state index is -1.03. The van der Waals surface area contributed by atoms with Gasteiger partial charge in [-0.15, -0.1) is 11.3 Å².